The van der Waals surface area contributed by atoms with Crippen LogP contribution in [0.5, 0.6) is 0 Å². The van der Waals surface area contributed by atoms with Crippen molar-refractivity contribution in [3.8, 4) is 0 Å². The van der Waals surface area contributed by atoms with Gasteiger partial charge in [-0.05, 0) is 58.6 Å². The summed E-state index contributed by atoms with van der Waals surface area (Å²) in [5.41, 5.74) is 2.57. The summed E-state index contributed by atoms with van der Waals surface area (Å²) in [6.07, 6.45) is 1.57. The number of carbonyl (C=O) groups excluding carboxylic acids is 1. The van der Waals surface area contributed by atoms with Crippen LogP contribution in [0.1, 0.15) is 28.0 Å². The maximum Gasteiger partial charge on any atom is 0.259 e. The van der Waals surface area contributed by atoms with Crippen molar-refractivity contribution in [1.29, 1.82) is 0 Å². The number of Topliss-reactive ketones (excluding diaryl/α,β-unsaturated/α-hetero) is 1. The van der Waals surface area contributed by atoms with Crippen molar-refractivity contribution in [1.82, 2.24) is 4.98 Å². The van der Waals surface area contributed by atoms with Crippen LogP contribution in [0.4, 0.5) is 0 Å². The Morgan fingerprint density at radius 2 is 1.27 bits per heavy atom. The summed E-state index contributed by atoms with van der Waals surface area (Å²) < 4.78 is 0. The molecule has 1 aliphatic carbocycles. The summed E-state index contributed by atoms with van der Waals surface area (Å²) >= 11 is 0. The first-order valence-corrected chi connectivity index (χ1v) is 12.9. The number of nitrogens with one attached hydrogen (secondary N) is 1. The van der Waals surface area contributed by atoms with Gasteiger partial charge in [0.15, 0.2) is 5.78 Å². The minimum Gasteiger partial charge on any atom is -0.325 e. The van der Waals surface area contributed by atoms with Crippen LogP contribution in [0.15, 0.2) is 108 Å². The zero-order chi connectivity index (χ0) is 22.8. The van der Waals surface area contributed by atoms with E-state index in [-0.39, 0.29) is 16.9 Å². The second kappa shape index (κ2) is 8.69. The average Bonchev–Trinajstić information content (AvgIpc) is 3.22. The number of pyridine rings is 1. The van der Waals surface area contributed by atoms with E-state index in [1.807, 2.05) is 60.4 Å². The molecule has 162 valence electrons. The molecule has 4 heteroatoms. The fourth-order valence-corrected chi connectivity index (χ4v) is 8.34. The molecule has 0 aliphatic heterocycles. The molecular formula is C29H24NO2P. The first-order chi connectivity index (χ1) is 16.1. The maximum atomic E-state index is 13.8. The Morgan fingerprint density at radius 1 is 0.788 bits per heavy atom. The normalized spacial score (nSPS) is 12.9. The van der Waals surface area contributed by atoms with Crippen LogP contribution < -0.4 is 21.5 Å². The van der Waals surface area contributed by atoms with Gasteiger partial charge in [-0.15, -0.1) is 0 Å². The lowest BCUT2D eigenvalue weighted by atomic mass is 10.1. The molecule has 1 aromatic heterocycles. The van der Waals surface area contributed by atoms with Crippen LogP contribution in [-0.4, -0.2) is 16.6 Å². The summed E-state index contributed by atoms with van der Waals surface area (Å²) in [4.78, 5) is 29.7. The Balaban J connectivity index is 1.82. The van der Waals surface area contributed by atoms with Crippen molar-refractivity contribution in [2.45, 2.75) is 12.8 Å². The topological polar surface area (TPSA) is 49.9 Å². The summed E-state index contributed by atoms with van der Waals surface area (Å²) in [6, 6.07) is 32.1. The molecule has 0 radical (unpaired) electrons. The van der Waals surface area contributed by atoms with Gasteiger partial charge in [-0.3, -0.25) is 9.59 Å². The molecule has 1 aliphatic rings. The van der Waals surface area contributed by atoms with Gasteiger partial charge >= 0.3 is 0 Å². The van der Waals surface area contributed by atoms with Gasteiger partial charge < -0.3 is 4.98 Å². The van der Waals surface area contributed by atoms with Crippen molar-refractivity contribution in [2.75, 3.05) is 0 Å². The highest BCUT2D eigenvalue weighted by Crippen LogP contribution is 2.43. The van der Waals surface area contributed by atoms with Crippen LogP contribution in [-0.2, 0) is 6.42 Å². The Labute approximate surface area is 193 Å². The zero-order valence-corrected chi connectivity index (χ0v) is 19.1. The average molecular weight is 449 g/mol. The fourth-order valence-electron chi connectivity index (χ4n) is 4.58. The fraction of sp³-hybridized carbons (Fsp3) is 0.0690. The molecule has 4 aromatic rings. The van der Waals surface area contributed by atoms with E-state index in [1.54, 1.807) is 6.07 Å². The van der Waals surface area contributed by atoms with Gasteiger partial charge in [-0.25, -0.2) is 0 Å². The van der Waals surface area contributed by atoms with Crippen LogP contribution in [0, 0.1) is 0 Å². The lowest BCUT2D eigenvalue weighted by molar-refractivity contribution is 0.107. The molecule has 0 saturated carbocycles. The van der Waals surface area contributed by atoms with Crippen molar-refractivity contribution >= 4 is 40.0 Å². The predicted molar refractivity (Wildman–Crippen MR) is 140 cm³/mol. The summed E-state index contributed by atoms with van der Waals surface area (Å²) in [5, 5.41) is 3.20. The highest BCUT2D eigenvalue weighted by atomic mass is 31.2. The summed E-state index contributed by atoms with van der Waals surface area (Å²) in [6.45, 7) is 1.63. The molecule has 0 amide bonds. The number of carbonyl (C=O) groups is 1. The van der Waals surface area contributed by atoms with Gasteiger partial charge in [0.25, 0.3) is 5.56 Å². The van der Waals surface area contributed by atoms with E-state index in [9.17, 15) is 9.59 Å². The molecule has 1 heterocycles. The largest absolute Gasteiger partial charge is 0.325 e. The molecule has 0 atom stereocenters. The molecular weight excluding hydrogens is 425 g/mol. The standard InChI is InChI=1S/C29H24NO2P/c1-21-17-18-27-25(21)19-26(29(32)30-27)28(31)20-33(22-11-5-2-6-12-22,23-13-7-3-8-14-23)24-15-9-4-10-16-24/h2-16,19-20H,1,17-18H2,(H,30,32). The lowest BCUT2D eigenvalue weighted by Crippen LogP contribution is -2.30. The number of aromatic nitrogens is 1. The third-order valence-corrected chi connectivity index (χ3v) is 10.2. The Kier molecular flexibility index (Phi) is 5.58. The first kappa shape index (κ1) is 21.2. The number of aromatic amines is 1. The van der Waals surface area contributed by atoms with E-state index in [0.29, 0.717) is 0 Å². The van der Waals surface area contributed by atoms with E-state index in [2.05, 4.69) is 48.0 Å². The second-order valence-electron chi connectivity index (χ2n) is 8.23. The van der Waals surface area contributed by atoms with Crippen LogP contribution in [0.2, 0.25) is 0 Å². The van der Waals surface area contributed by atoms with Crippen molar-refractivity contribution < 1.29 is 4.79 Å². The van der Waals surface area contributed by atoms with E-state index in [1.165, 1.54) is 0 Å². The number of allylic oxidation sites excluding steroid dienone is 1. The molecule has 5 rings (SSSR count). The van der Waals surface area contributed by atoms with Crippen LogP contribution in [0.3, 0.4) is 0 Å². The molecule has 0 unspecified atom stereocenters. The molecule has 0 spiro atoms. The Bertz CT molecular complexity index is 1350. The van der Waals surface area contributed by atoms with E-state index < -0.39 is 6.89 Å². The highest BCUT2D eigenvalue weighted by molar-refractivity contribution is 7.95. The quantitative estimate of drug-likeness (QED) is 0.365. The number of fused-ring (bicyclic) bond motifs is 1. The number of rotatable bonds is 5. The van der Waals surface area contributed by atoms with Gasteiger partial charge in [-0.1, -0.05) is 97.6 Å². The van der Waals surface area contributed by atoms with Crippen LogP contribution in [0.25, 0.3) is 5.57 Å². The van der Waals surface area contributed by atoms with Crippen LogP contribution >= 0.6 is 6.89 Å². The predicted octanol–water partition coefficient (Wildman–Crippen LogP) is 4.31. The van der Waals surface area contributed by atoms with E-state index >= 15 is 0 Å². The van der Waals surface area contributed by atoms with Gasteiger partial charge in [0.2, 0.25) is 0 Å². The molecule has 0 fully saturated rings. The second-order valence-corrected chi connectivity index (χ2v) is 11.5. The van der Waals surface area contributed by atoms with Crippen molar-refractivity contribution in [3.63, 3.8) is 0 Å². The summed E-state index contributed by atoms with van der Waals surface area (Å²) in [7, 11) is 0. The minimum absolute atomic E-state index is 0.170. The third-order valence-electron chi connectivity index (χ3n) is 6.25. The zero-order valence-electron chi connectivity index (χ0n) is 18.2. The van der Waals surface area contributed by atoms with E-state index in [0.717, 1.165) is 45.6 Å². The number of ketones is 1. The number of hydrogen-bond acceptors (Lipinski definition) is 2. The Morgan fingerprint density at radius 3 is 1.76 bits per heavy atom. The highest BCUT2D eigenvalue weighted by Gasteiger charge is 2.28. The molecule has 0 saturated heterocycles. The minimum atomic E-state index is -2.48. The maximum absolute atomic E-state index is 13.8. The monoisotopic (exact) mass is 449 g/mol. The number of hydrogen-bond donors (Lipinski definition) is 1. The molecule has 3 nitrogen and oxygen atoms in total. The summed E-state index contributed by atoms with van der Waals surface area (Å²) in [5.74, 6) is 1.55. The third kappa shape index (κ3) is 3.75. The Hall–Kier alpha value is -3.68. The lowest BCUT2D eigenvalue weighted by Gasteiger charge is -2.28. The van der Waals surface area contributed by atoms with Gasteiger partial charge in [0.05, 0.1) is 5.56 Å². The van der Waals surface area contributed by atoms with Gasteiger partial charge in [-0.2, -0.15) is 0 Å². The number of benzene rings is 3. The molecule has 33 heavy (non-hydrogen) atoms. The molecule has 3 aromatic carbocycles. The number of H-pyrrole nitrogens is 1. The SMILES string of the molecule is C=C1CCc2[nH]c(=O)c(C(=O)C=P(c3ccccc3)(c3ccccc3)c3ccccc3)cc21. The van der Waals surface area contributed by atoms with Crippen molar-refractivity contribution in [2.24, 2.45) is 0 Å². The van der Waals surface area contributed by atoms with Gasteiger partial charge in [0.1, 0.15) is 0 Å². The molecule has 1 N–H and O–H groups in total. The van der Waals surface area contributed by atoms with E-state index in [4.69, 9.17) is 0 Å². The van der Waals surface area contributed by atoms with Gasteiger partial charge in [0, 0.05) is 5.69 Å². The number of aryl methyl sites for hydroxylation is 1. The smallest absolute Gasteiger partial charge is 0.259 e. The van der Waals surface area contributed by atoms with Crippen molar-refractivity contribution in [3.05, 3.63) is 131 Å². The first-order valence-electron chi connectivity index (χ1n) is 11.0. The molecule has 0 bridgehead atoms.